The average Bonchev–Trinajstić information content (AvgIpc) is 2.53. The minimum absolute atomic E-state index is 0. The Morgan fingerprint density at radius 3 is 2.21 bits per heavy atom. The number of hydrogen-bond acceptors (Lipinski definition) is 6. The zero-order chi connectivity index (χ0) is 16.4. The zero-order valence-electron chi connectivity index (χ0n) is 12.5. The normalized spacial score (nSPS) is 11.5. The molecule has 116 valence electrons. The van der Waals surface area contributed by atoms with E-state index in [0.717, 1.165) is 10.8 Å². The molecule has 0 spiro atoms. The first-order valence-corrected chi connectivity index (χ1v) is 8.04. The van der Waals surface area contributed by atoms with Gasteiger partial charge in [0.05, 0.1) is 10.6 Å². The quantitative estimate of drug-likeness (QED) is 0.364. The number of azo groups is 1. The minimum Gasteiger partial charge on any atom is -0.744 e. The Kier molecular flexibility index (Phi) is 6.21. The Morgan fingerprint density at radius 2 is 1.54 bits per heavy atom. The van der Waals surface area contributed by atoms with Gasteiger partial charge in [-0.25, -0.2) is 8.42 Å². The molecular weight excluding hydrogens is 454 g/mol. The molecule has 0 aliphatic heterocycles. The van der Waals surface area contributed by atoms with Gasteiger partial charge in [0.2, 0.25) is 0 Å². The van der Waals surface area contributed by atoms with Crippen molar-refractivity contribution in [2.75, 3.05) is 0 Å². The van der Waals surface area contributed by atoms with Crippen molar-refractivity contribution in [3.63, 3.8) is 0 Å². The molecule has 8 heteroatoms. The van der Waals surface area contributed by atoms with Crippen molar-refractivity contribution >= 4 is 81.1 Å². The standard InChI is InChI=1S/C16H12N2O4S.Ba/c19-15-10-5-11-3-1-2-4-14(11)16(15)18-17-12-6-8-13(9-7-12)23(20,21)22;/h1-10,19H,(H,20,21,22);/q;+2/p-1. The van der Waals surface area contributed by atoms with Crippen molar-refractivity contribution in [3.05, 3.63) is 60.7 Å². The van der Waals surface area contributed by atoms with E-state index in [1.807, 2.05) is 24.3 Å². The maximum absolute atomic E-state index is 10.9. The number of phenolic OH excluding ortho intramolecular Hbond substituents is 1. The summed E-state index contributed by atoms with van der Waals surface area (Å²) in [6.45, 7) is 0. The van der Waals surface area contributed by atoms with Crippen LogP contribution in [0.2, 0.25) is 0 Å². The topological polar surface area (TPSA) is 102 Å². The summed E-state index contributed by atoms with van der Waals surface area (Å²) < 4.78 is 32.6. The summed E-state index contributed by atoms with van der Waals surface area (Å²) in [7, 11) is -4.48. The fourth-order valence-corrected chi connectivity index (χ4v) is 2.61. The molecule has 0 aromatic heterocycles. The van der Waals surface area contributed by atoms with E-state index in [1.54, 1.807) is 6.07 Å². The van der Waals surface area contributed by atoms with Gasteiger partial charge in [0.25, 0.3) is 0 Å². The second kappa shape index (κ2) is 7.79. The Labute approximate surface area is 179 Å². The summed E-state index contributed by atoms with van der Waals surface area (Å²) in [6.07, 6.45) is 0. The summed E-state index contributed by atoms with van der Waals surface area (Å²) in [6, 6.07) is 15.8. The molecule has 6 nitrogen and oxygen atoms in total. The van der Waals surface area contributed by atoms with E-state index in [2.05, 4.69) is 10.2 Å². The largest absolute Gasteiger partial charge is 2.00 e. The molecule has 0 saturated heterocycles. The number of benzene rings is 3. The monoisotopic (exact) mass is 465 g/mol. The van der Waals surface area contributed by atoms with Gasteiger partial charge in [-0.2, -0.15) is 5.11 Å². The van der Waals surface area contributed by atoms with Gasteiger partial charge in [-0.1, -0.05) is 30.3 Å². The van der Waals surface area contributed by atoms with E-state index in [1.165, 1.54) is 30.3 Å². The van der Waals surface area contributed by atoms with Gasteiger partial charge in [-0.3, -0.25) is 0 Å². The van der Waals surface area contributed by atoms with Crippen LogP contribution in [0.25, 0.3) is 10.8 Å². The van der Waals surface area contributed by atoms with Gasteiger partial charge < -0.3 is 9.66 Å². The van der Waals surface area contributed by atoms with E-state index in [4.69, 9.17) is 0 Å². The van der Waals surface area contributed by atoms with Gasteiger partial charge in [0, 0.05) is 5.39 Å². The fourth-order valence-electron chi connectivity index (χ4n) is 2.14. The number of hydrogen-bond donors (Lipinski definition) is 1. The van der Waals surface area contributed by atoms with E-state index < -0.39 is 10.1 Å². The maximum Gasteiger partial charge on any atom is 2.00 e. The third-order valence-electron chi connectivity index (χ3n) is 3.27. The summed E-state index contributed by atoms with van der Waals surface area (Å²) in [4.78, 5) is -0.329. The molecule has 3 rings (SSSR count). The Morgan fingerprint density at radius 1 is 0.875 bits per heavy atom. The van der Waals surface area contributed by atoms with Gasteiger partial charge in [0.15, 0.2) is 0 Å². The van der Waals surface area contributed by atoms with Crippen LogP contribution in [0.3, 0.4) is 0 Å². The molecule has 0 bridgehead atoms. The van der Waals surface area contributed by atoms with E-state index in [9.17, 15) is 18.1 Å². The van der Waals surface area contributed by atoms with E-state index in [-0.39, 0.29) is 59.5 Å². The summed E-state index contributed by atoms with van der Waals surface area (Å²) in [5, 5.41) is 19.6. The van der Waals surface area contributed by atoms with Crippen molar-refractivity contribution in [1.82, 2.24) is 0 Å². The first-order chi connectivity index (χ1) is 10.9. The molecule has 0 fully saturated rings. The van der Waals surface area contributed by atoms with Crippen LogP contribution in [0.4, 0.5) is 11.4 Å². The second-order valence-electron chi connectivity index (χ2n) is 4.80. The van der Waals surface area contributed by atoms with E-state index in [0.29, 0.717) is 11.4 Å². The van der Waals surface area contributed by atoms with Gasteiger partial charge in [-0.05, 0) is 35.7 Å². The molecule has 0 amide bonds. The van der Waals surface area contributed by atoms with Crippen LogP contribution in [0.15, 0.2) is 75.8 Å². The number of nitrogens with zero attached hydrogens (tertiary/aromatic N) is 2. The molecule has 3 aromatic carbocycles. The molecule has 0 atom stereocenters. The number of aromatic hydroxyl groups is 1. The van der Waals surface area contributed by atoms with Crippen LogP contribution in [0.1, 0.15) is 0 Å². The summed E-state index contributed by atoms with van der Waals surface area (Å²) in [5.74, 6) is -0.00814. The van der Waals surface area contributed by atoms with Crippen molar-refractivity contribution in [3.8, 4) is 5.75 Å². The summed E-state index contributed by atoms with van der Waals surface area (Å²) in [5.41, 5.74) is 0.688. The molecule has 3 aromatic rings. The fraction of sp³-hybridized carbons (Fsp3) is 0. The number of rotatable bonds is 3. The number of fused-ring (bicyclic) bond motifs is 1. The second-order valence-corrected chi connectivity index (χ2v) is 6.18. The van der Waals surface area contributed by atoms with Crippen LogP contribution in [-0.4, -0.2) is 67.0 Å². The zero-order valence-corrected chi connectivity index (χ0v) is 17.7. The summed E-state index contributed by atoms with van der Waals surface area (Å²) >= 11 is 0. The predicted molar refractivity (Wildman–Crippen MR) is 89.9 cm³/mol. The van der Waals surface area contributed by atoms with Crippen LogP contribution < -0.4 is 0 Å². The van der Waals surface area contributed by atoms with Gasteiger partial charge in [0.1, 0.15) is 21.6 Å². The van der Waals surface area contributed by atoms with Crippen molar-refractivity contribution in [2.24, 2.45) is 10.2 Å². The molecule has 0 aliphatic rings. The maximum atomic E-state index is 10.9. The van der Waals surface area contributed by atoms with Crippen molar-refractivity contribution < 1.29 is 18.1 Å². The molecule has 0 saturated carbocycles. The average molecular weight is 465 g/mol. The van der Waals surface area contributed by atoms with Crippen LogP contribution >= 0.6 is 0 Å². The number of phenols is 1. The first kappa shape index (κ1) is 19.1. The van der Waals surface area contributed by atoms with Gasteiger partial charge >= 0.3 is 48.9 Å². The third-order valence-corrected chi connectivity index (χ3v) is 4.12. The molecule has 0 heterocycles. The Balaban J connectivity index is 0.00000208. The molecule has 1 N–H and O–H groups in total. The third kappa shape index (κ3) is 4.25. The van der Waals surface area contributed by atoms with Gasteiger partial charge in [-0.15, -0.1) is 5.11 Å². The predicted octanol–water partition coefficient (Wildman–Crippen LogP) is 3.48. The van der Waals surface area contributed by atoms with Crippen LogP contribution in [0.5, 0.6) is 5.75 Å². The molecule has 0 unspecified atom stereocenters. The van der Waals surface area contributed by atoms with E-state index >= 15 is 0 Å². The van der Waals surface area contributed by atoms with Crippen LogP contribution in [-0.2, 0) is 10.1 Å². The molecular formula is C16H11BaN2O4S+. The van der Waals surface area contributed by atoms with Crippen molar-refractivity contribution in [1.29, 1.82) is 0 Å². The van der Waals surface area contributed by atoms with Crippen molar-refractivity contribution in [2.45, 2.75) is 4.90 Å². The molecule has 0 aliphatic carbocycles. The SMILES string of the molecule is O=S(=O)([O-])c1ccc(N=Nc2c(O)ccc3ccccc23)cc1.[Ba+2]. The van der Waals surface area contributed by atoms with Crippen LogP contribution in [0, 0.1) is 0 Å². The Bertz CT molecular complexity index is 1000. The molecule has 24 heavy (non-hydrogen) atoms. The Hall–Kier alpha value is -1.20. The smallest absolute Gasteiger partial charge is 0.744 e. The first-order valence-electron chi connectivity index (χ1n) is 6.63. The minimum atomic E-state index is -4.48. The molecule has 0 radical (unpaired) electrons.